The Morgan fingerprint density at radius 3 is 2.37 bits per heavy atom. The van der Waals surface area contributed by atoms with Crippen molar-refractivity contribution in [3.63, 3.8) is 0 Å². The second-order valence-corrected chi connectivity index (χ2v) is 7.68. The van der Waals surface area contributed by atoms with Gasteiger partial charge in [0.25, 0.3) is 0 Å². The average Bonchev–Trinajstić information content (AvgIpc) is 3.24. The van der Waals surface area contributed by atoms with E-state index in [4.69, 9.17) is 0 Å². The summed E-state index contributed by atoms with van der Waals surface area (Å²) in [6.07, 6.45) is 0.881. The molecule has 2 aromatic carbocycles. The van der Waals surface area contributed by atoms with Gasteiger partial charge in [0.05, 0.1) is 0 Å². The number of nitrogens with one attached hydrogen (secondary N) is 2. The standard InChI is InChI=1S/C23H23F3N4/c1-15-9-11-18(12-10-15)29-22-27-14-20(23(24,25)26)21(30-22)28-19-8-4-7-17(13-19)16-5-2-3-6-16/h4,7-14,16H,2-3,5-6H2,1H3,(H2,27,28,29,30). The molecule has 0 unspecified atom stereocenters. The number of hydrogen-bond donors (Lipinski definition) is 2. The van der Waals surface area contributed by atoms with Crippen LogP contribution in [0.2, 0.25) is 0 Å². The number of anilines is 4. The van der Waals surface area contributed by atoms with E-state index in [1.807, 2.05) is 49.4 Å². The van der Waals surface area contributed by atoms with Gasteiger partial charge in [-0.3, -0.25) is 0 Å². The zero-order chi connectivity index (χ0) is 21.1. The fraction of sp³-hybridized carbons (Fsp3) is 0.304. The molecule has 1 saturated carbocycles. The van der Waals surface area contributed by atoms with Crippen molar-refractivity contribution in [2.45, 2.75) is 44.7 Å². The lowest BCUT2D eigenvalue weighted by atomic mass is 9.97. The molecule has 30 heavy (non-hydrogen) atoms. The first kappa shape index (κ1) is 20.2. The Labute approximate surface area is 173 Å². The van der Waals surface area contributed by atoms with Crippen LogP contribution in [-0.2, 0) is 6.18 Å². The molecule has 2 N–H and O–H groups in total. The van der Waals surface area contributed by atoms with Gasteiger partial charge in [-0.15, -0.1) is 0 Å². The largest absolute Gasteiger partial charge is 0.421 e. The Hall–Kier alpha value is -3.09. The van der Waals surface area contributed by atoms with Crippen LogP contribution in [-0.4, -0.2) is 9.97 Å². The van der Waals surface area contributed by atoms with E-state index in [0.717, 1.165) is 30.2 Å². The van der Waals surface area contributed by atoms with Crippen molar-refractivity contribution < 1.29 is 13.2 Å². The zero-order valence-corrected chi connectivity index (χ0v) is 16.6. The average molecular weight is 412 g/mol. The summed E-state index contributed by atoms with van der Waals surface area (Å²) in [7, 11) is 0. The first-order chi connectivity index (χ1) is 14.4. The van der Waals surface area contributed by atoms with E-state index in [9.17, 15) is 13.2 Å². The molecule has 3 aromatic rings. The maximum atomic E-state index is 13.5. The van der Waals surface area contributed by atoms with Crippen LogP contribution in [0.1, 0.15) is 48.3 Å². The van der Waals surface area contributed by atoms with E-state index >= 15 is 0 Å². The second kappa shape index (κ2) is 8.34. The summed E-state index contributed by atoms with van der Waals surface area (Å²) in [5.74, 6) is 0.301. The van der Waals surface area contributed by atoms with Gasteiger partial charge in [0, 0.05) is 17.6 Å². The molecule has 0 aliphatic heterocycles. The number of rotatable bonds is 5. The van der Waals surface area contributed by atoms with Crippen LogP contribution in [0.3, 0.4) is 0 Å². The number of halogens is 3. The van der Waals surface area contributed by atoms with Crippen LogP contribution in [0.25, 0.3) is 0 Å². The summed E-state index contributed by atoms with van der Waals surface area (Å²) in [4.78, 5) is 7.99. The molecule has 1 aromatic heterocycles. The molecule has 4 nitrogen and oxygen atoms in total. The van der Waals surface area contributed by atoms with Gasteiger partial charge in [-0.25, -0.2) is 4.98 Å². The highest BCUT2D eigenvalue weighted by Gasteiger charge is 2.35. The minimum atomic E-state index is -4.56. The maximum Gasteiger partial charge on any atom is 0.421 e. The number of aromatic nitrogens is 2. The molecule has 4 rings (SSSR count). The van der Waals surface area contributed by atoms with Gasteiger partial charge in [0.1, 0.15) is 11.4 Å². The minimum Gasteiger partial charge on any atom is -0.340 e. The Morgan fingerprint density at radius 1 is 0.933 bits per heavy atom. The number of benzene rings is 2. The van der Waals surface area contributed by atoms with Gasteiger partial charge in [-0.2, -0.15) is 18.2 Å². The molecule has 1 aliphatic carbocycles. The SMILES string of the molecule is Cc1ccc(Nc2ncc(C(F)(F)F)c(Nc3cccc(C4CCCC4)c3)n2)cc1. The zero-order valence-electron chi connectivity index (χ0n) is 16.6. The molecule has 0 radical (unpaired) electrons. The van der Waals surface area contributed by atoms with Crippen molar-refractivity contribution in [1.29, 1.82) is 0 Å². The van der Waals surface area contributed by atoms with Gasteiger partial charge in [0.15, 0.2) is 0 Å². The number of aryl methyl sites for hydroxylation is 1. The summed E-state index contributed by atoms with van der Waals surface area (Å²) in [6.45, 7) is 1.96. The smallest absolute Gasteiger partial charge is 0.340 e. The molecule has 7 heteroatoms. The van der Waals surface area contributed by atoms with Gasteiger partial charge >= 0.3 is 6.18 Å². The Bertz CT molecular complexity index is 1010. The quantitative estimate of drug-likeness (QED) is 0.476. The number of nitrogens with zero attached hydrogens (tertiary/aromatic N) is 2. The van der Waals surface area contributed by atoms with Crippen molar-refractivity contribution >= 4 is 23.1 Å². The lowest BCUT2D eigenvalue weighted by Crippen LogP contribution is -2.12. The predicted molar refractivity (Wildman–Crippen MR) is 112 cm³/mol. The molecule has 0 spiro atoms. The van der Waals surface area contributed by atoms with Crippen LogP contribution in [0, 0.1) is 6.92 Å². The Kier molecular flexibility index (Phi) is 5.61. The maximum absolute atomic E-state index is 13.5. The van der Waals surface area contributed by atoms with Gasteiger partial charge in [-0.1, -0.05) is 42.7 Å². The van der Waals surface area contributed by atoms with Crippen molar-refractivity contribution in [1.82, 2.24) is 9.97 Å². The molecule has 0 bridgehead atoms. The van der Waals surface area contributed by atoms with Gasteiger partial charge in [0.2, 0.25) is 5.95 Å². The lowest BCUT2D eigenvalue weighted by molar-refractivity contribution is -0.137. The molecule has 0 saturated heterocycles. The van der Waals surface area contributed by atoms with E-state index in [1.54, 1.807) is 6.07 Å². The first-order valence-corrected chi connectivity index (χ1v) is 10.0. The third-order valence-electron chi connectivity index (χ3n) is 5.38. The van der Waals surface area contributed by atoms with E-state index < -0.39 is 11.7 Å². The molecular formula is C23H23F3N4. The summed E-state index contributed by atoms with van der Waals surface area (Å²) < 4.78 is 40.6. The molecular weight excluding hydrogens is 389 g/mol. The first-order valence-electron chi connectivity index (χ1n) is 10.0. The van der Waals surface area contributed by atoms with E-state index in [1.165, 1.54) is 12.8 Å². The topological polar surface area (TPSA) is 49.8 Å². The normalized spacial score (nSPS) is 14.7. The summed E-state index contributed by atoms with van der Waals surface area (Å²) >= 11 is 0. The van der Waals surface area contributed by atoms with Crippen LogP contribution in [0.5, 0.6) is 0 Å². The van der Waals surface area contributed by atoms with Gasteiger partial charge in [-0.05, 0) is 55.5 Å². The van der Waals surface area contributed by atoms with Gasteiger partial charge < -0.3 is 10.6 Å². The third-order valence-corrected chi connectivity index (χ3v) is 5.38. The molecule has 0 amide bonds. The Morgan fingerprint density at radius 2 is 1.67 bits per heavy atom. The third kappa shape index (κ3) is 4.72. The Balaban J connectivity index is 1.63. The van der Waals surface area contributed by atoms with E-state index in [-0.39, 0.29) is 11.8 Å². The minimum absolute atomic E-state index is 0.0984. The van der Waals surface area contributed by atoms with Crippen LogP contribution in [0.15, 0.2) is 54.7 Å². The van der Waals surface area contributed by atoms with Crippen LogP contribution < -0.4 is 10.6 Å². The van der Waals surface area contributed by atoms with Crippen molar-refractivity contribution in [2.24, 2.45) is 0 Å². The van der Waals surface area contributed by atoms with Crippen molar-refractivity contribution in [3.05, 3.63) is 71.4 Å². The fourth-order valence-electron chi connectivity index (χ4n) is 3.78. The second-order valence-electron chi connectivity index (χ2n) is 7.68. The molecule has 0 atom stereocenters. The number of hydrogen-bond acceptors (Lipinski definition) is 4. The summed E-state index contributed by atoms with van der Waals surface area (Å²) in [5, 5.41) is 5.83. The van der Waals surface area contributed by atoms with Crippen LogP contribution in [0.4, 0.5) is 36.3 Å². The van der Waals surface area contributed by atoms with Crippen molar-refractivity contribution in [3.8, 4) is 0 Å². The molecule has 156 valence electrons. The summed E-state index contributed by atoms with van der Waals surface area (Å²) in [6, 6.07) is 15.1. The molecule has 1 aliphatic rings. The molecule has 1 fully saturated rings. The van der Waals surface area contributed by atoms with E-state index in [2.05, 4.69) is 20.6 Å². The lowest BCUT2D eigenvalue weighted by Gasteiger charge is -2.16. The summed E-state index contributed by atoms with van der Waals surface area (Å²) in [5.41, 5.74) is 2.62. The molecule has 1 heterocycles. The number of alkyl halides is 3. The predicted octanol–water partition coefficient (Wildman–Crippen LogP) is 6.95. The fourth-order valence-corrected chi connectivity index (χ4v) is 3.78. The highest BCUT2D eigenvalue weighted by atomic mass is 19.4. The highest BCUT2D eigenvalue weighted by Crippen LogP contribution is 2.37. The van der Waals surface area contributed by atoms with Crippen molar-refractivity contribution in [2.75, 3.05) is 10.6 Å². The monoisotopic (exact) mass is 412 g/mol. The van der Waals surface area contributed by atoms with Crippen LogP contribution >= 0.6 is 0 Å². The van der Waals surface area contributed by atoms with E-state index in [0.29, 0.717) is 17.3 Å². The highest BCUT2D eigenvalue weighted by molar-refractivity contribution is 5.63.